The minimum absolute atomic E-state index is 0.0698. The molecule has 0 aliphatic carbocycles. The molecule has 1 aromatic heterocycles. The number of tetrazole rings is 1. The molecule has 0 saturated carbocycles. The van der Waals surface area contributed by atoms with Crippen LogP contribution in [0.3, 0.4) is 0 Å². The summed E-state index contributed by atoms with van der Waals surface area (Å²) in [5, 5.41) is 18.4. The quantitative estimate of drug-likeness (QED) is 0.831. The number of hydrogen-bond acceptors (Lipinski definition) is 5. The van der Waals surface area contributed by atoms with E-state index in [2.05, 4.69) is 40.0 Å². The lowest BCUT2D eigenvalue weighted by Crippen LogP contribution is -2.31. The van der Waals surface area contributed by atoms with E-state index in [-0.39, 0.29) is 11.9 Å². The summed E-state index contributed by atoms with van der Waals surface area (Å²) in [6.07, 6.45) is 3.45. The third kappa shape index (κ3) is 4.26. The summed E-state index contributed by atoms with van der Waals surface area (Å²) in [5.74, 6) is 1.47. The van der Waals surface area contributed by atoms with Gasteiger partial charge in [-0.05, 0) is 42.2 Å². The van der Waals surface area contributed by atoms with Gasteiger partial charge in [-0.2, -0.15) is 0 Å². The van der Waals surface area contributed by atoms with E-state index in [0.717, 1.165) is 38.2 Å². The van der Waals surface area contributed by atoms with Crippen molar-refractivity contribution in [2.75, 3.05) is 13.1 Å². The normalized spacial score (nSPS) is 21.8. The lowest BCUT2D eigenvalue weighted by Gasteiger charge is -2.20. The molecule has 0 bridgehead atoms. The van der Waals surface area contributed by atoms with Crippen LogP contribution in [0, 0.1) is 5.92 Å². The van der Waals surface area contributed by atoms with Crippen LogP contribution < -0.4 is 10.6 Å². The number of carbonyl (C=O) groups is 1. The summed E-state index contributed by atoms with van der Waals surface area (Å²) in [6.45, 7) is 6.58. The molecular formula is C13H24N6O. The van der Waals surface area contributed by atoms with Gasteiger partial charge < -0.3 is 10.6 Å². The fraction of sp³-hybridized carbons (Fsp3) is 0.846. The van der Waals surface area contributed by atoms with Gasteiger partial charge in [0.2, 0.25) is 5.91 Å². The molecule has 2 heterocycles. The van der Waals surface area contributed by atoms with Crippen LogP contribution in [0.1, 0.15) is 51.4 Å². The molecule has 1 aromatic rings. The Labute approximate surface area is 119 Å². The van der Waals surface area contributed by atoms with E-state index in [1.807, 2.05) is 0 Å². The summed E-state index contributed by atoms with van der Waals surface area (Å²) in [4.78, 5) is 11.7. The molecule has 2 N–H and O–H groups in total. The van der Waals surface area contributed by atoms with Gasteiger partial charge in [0.25, 0.3) is 0 Å². The number of carbonyl (C=O) groups excluding carboxylic acids is 1. The molecule has 0 saturated heterocycles. The van der Waals surface area contributed by atoms with Crippen LogP contribution in [-0.4, -0.2) is 39.2 Å². The third-order valence-electron chi connectivity index (χ3n) is 3.45. The molecule has 1 unspecified atom stereocenters. The van der Waals surface area contributed by atoms with Gasteiger partial charge >= 0.3 is 0 Å². The molecule has 7 heteroatoms. The SMILES string of the molecule is CC(C)CC1NCCCCNC(=O)CCn2nnnc21. The maximum Gasteiger partial charge on any atom is 0.221 e. The molecule has 0 spiro atoms. The Hall–Kier alpha value is -1.50. The molecule has 2 rings (SSSR count). The van der Waals surface area contributed by atoms with Crippen LogP contribution in [0.4, 0.5) is 0 Å². The maximum atomic E-state index is 11.7. The molecule has 1 atom stereocenters. The van der Waals surface area contributed by atoms with E-state index in [4.69, 9.17) is 0 Å². The highest BCUT2D eigenvalue weighted by Gasteiger charge is 2.20. The Morgan fingerprint density at radius 3 is 2.95 bits per heavy atom. The van der Waals surface area contributed by atoms with Crippen molar-refractivity contribution < 1.29 is 4.79 Å². The van der Waals surface area contributed by atoms with Crippen molar-refractivity contribution in [3.05, 3.63) is 5.82 Å². The van der Waals surface area contributed by atoms with E-state index in [1.165, 1.54) is 0 Å². The molecule has 0 radical (unpaired) electrons. The van der Waals surface area contributed by atoms with E-state index in [0.29, 0.717) is 18.9 Å². The van der Waals surface area contributed by atoms with Crippen molar-refractivity contribution in [1.29, 1.82) is 0 Å². The zero-order valence-corrected chi connectivity index (χ0v) is 12.3. The molecule has 0 aromatic carbocycles. The Morgan fingerprint density at radius 2 is 2.15 bits per heavy atom. The summed E-state index contributed by atoms with van der Waals surface area (Å²) >= 11 is 0. The average Bonchev–Trinajstić information content (AvgIpc) is 2.85. The second kappa shape index (κ2) is 7.33. The summed E-state index contributed by atoms with van der Waals surface area (Å²) in [7, 11) is 0. The van der Waals surface area contributed by atoms with Crippen LogP contribution in [0.5, 0.6) is 0 Å². The first-order valence-corrected chi connectivity index (χ1v) is 7.43. The van der Waals surface area contributed by atoms with Crippen LogP contribution in [0.15, 0.2) is 0 Å². The van der Waals surface area contributed by atoms with Gasteiger partial charge in [-0.25, -0.2) is 4.68 Å². The molecule has 1 aliphatic heterocycles. The summed E-state index contributed by atoms with van der Waals surface area (Å²) in [6, 6.07) is 0.160. The average molecular weight is 280 g/mol. The van der Waals surface area contributed by atoms with Crippen molar-refractivity contribution in [3.63, 3.8) is 0 Å². The Morgan fingerprint density at radius 1 is 1.35 bits per heavy atom. The summed E-state index contributed by atoms with van der Waals surface area (Å²) < 4.78 is 1.75. The molecular weight excluding hydrogens is 256 g/mol. The molecule has 7 nitrogen and oxygen atoms in total. The topological polar surface area (TPSA) is 84.7 Å². The van der Waals surface area contributed by atoms with Crippen molar-refractivity contribution >= 4 is 5.91 Å². The van der Waals surface area contributed by atoms with Gasteiger partial charge in [-0.3, -0.25) is 4.79 Å². The Kier molecular flexibility index (Phi) is 5.46. The number of fused-ring (bicyclic) bond motifs is 1. The third-order valence-corrected chi connectivity index (χ3v) is 3.45. The van der Waals surface area contributed by atoms with Gasteiger partial charge in [-0.1, -0.05) is 13.8 Å². The number of rotatable bonds is 2. The van der Waals surface area contributed by atoms with Crippen LogP contribution in [0.25, 0.3) is 0 Å². The van der Waals surface area contributed by atoms with E-state index < -0.39 is 0 Å². The monoisotopic (exact) mass is 280 g/mol. The van der Waals surface area contributed by atoms with Gasteiger partial charge in [0, 0.05) is 13.0 Å². The van der Waals surface area contributed by atoms with E-state index in [1.54, 1.807) is 4.68 Å². The Bertz CT molecular complexity index is 430. The molecule has 20 heavy (non-hydrogen) atoms. The predicted octanol–water partition coefficient (Wildman–Crippen LogP) is 0.650. The van der Waals surface area contributed by atoms with Crippen molar-refractivity contribution in [1.82, 2.24) is 30.8 Å². The van der Waals surface area contributed by atoms with Gasteiger partial charge in [0.1, 0.15) is 0 Å². The number of nitrogens with zero attached hydrogens (tertiary/aromatic N) is 4. The van der Waals surface area contributed by atoms with Crippen molar-refractivity contribution in [3.8, 4) is 0 Å². The first-order chi connectivity index (χ1) is 9.66. The highest BCUT2D eigenvalue weighted by atomic mass is 16.1. The first kappa shape index (κ1) is 14.9. The van der Waals surface area contributed by atoms with E-state index >= 15 is 0 Å². The van der Waals surface area contributed by atoms with Crippen molar-refractivity contribution in [2.45, 2.75) is 52.1 Å². The van der Waals surface area contributed by atoms with Gasteiger partial charge in [0.15, 0.2) is 5.82 Å². The zero-order chi connectivity index (χ0) is 14.4. The van der Waals surface area contributed by atoms with Crippen LogP contribution in [-0.2, 0) is 11.3 Å². The van der Waals surface area contributed by atoms with Gasteiger partial charge in [-0.15, -0.1) is 5.10 Å². The second-order valence-corrected chi connectivity index (χ2v) is 5.70. The summed E-state index contributed by atoms with van der Waals surface area (Å²) in [5.41, 5.74) is 0. The fourth-order valence-electron chi connectivity index (χ4n) is 2.42. The Balaban J connectivity index is 2.13. The lowest BCUT2D eigenvalue weighted by atomic mass is 10.0. The van der Waals surface area contributed by atoms with Crippen LogP contribution in [0.2, 0.25) is 0 Å². The molecule has 1 amide bonds. The number of aromatic nitrogens is 4. The lowest BCUT2D eigenvalue weighted by molar-refractivity contribution is -0.121. The zero-order valence-electron chi connectivity index (χ0n) is 12.3. The van der Waals surface area contributed by atoms with Gasteiger partial charge in [0.05, 0.1) is 12.6 Å². The maximum absolute atomic E-state index is 11.7. The number of hydrogen-bond donors (Lipinski definition) is 2. The number of amides is 1. The first-order valence-electron chi connectivity index (χ1n) is 7.43. The number of nitrogens with one attached hydrogen (secondary N) is 2. The number of aryl methyl sites for hydroxylation is 1. The standard InChI is InChI=1S/C13H24N6O/c1-10(2)9-11-13-16-17-18-19(13)8-5-12(20)15-7-4-3-6-14-11/h10-11,14H,3-9H2,1-2H3,(H,15,20). The molecule has 0 fully saturated rings. The minimum atomic E-state index is 0.0698. The predicted molar refractivity (Wildman–Crippen MR) is 74.9 cm³/mol. The highest BCUT2D eigenvalue weighted by molar-refractivity contribution is 5.75. The smallest absolute Gasteiger partial charge is 0.221 e. The molecule has 112 valence electrons. The van der Waals surface area contributed by atoms with E-state index in [9.17, 15) is 4.79 Å². The fourth-order valence-corrected chi connectivity index (χ4v) is 2.42. The van der Waals surface area contributed by atoms with Crippen LogP contribution >= 0.6 is 0 Å². The largest absolute Gasteiger partial charge is 0.356 e. The van der Waals surface area contributed by atoms with Crippen molar-refractivity contribution in [2.24, 2.45) is 5.92 Å². The highest BCUT2D eigenvalue weighted by Crippen LogP contribution is 2.19. The molecule has 1 aliphatic rings. The minimum Gasteiger partial charge on any atom is -0.356 e. The second-order valence-electron chi connectivity index (χ2n) is 5.70.